The van der Waals surface area contributed by atoms with Crippen LogP contribution in [0.3, 0.4) is 0 Å². The first-order valence-corrected chi connectivity index (χ1v) is 7.15. The Morgan fingerprint density at radius 3 is 2.25 bits per heavy atom. The molecule has 4 heteroatoms. The van der Waals surface area contributed by atoms with Crippen LogP contribution in [0, 0.1) is 5.92 Å². The first-order valence-electron chi connectivity index (χ1n) is 7.15. The molecule has 1 aromatic carbocycles. The maximum Gasteiger partial charge on any atom is 0.227 e. The van der Waals surface area contributed by atoms with E-state index in [2.05, 4.69) is 4.90 Å². The standard InChI is InChI=1S/C16H27N3O/c1-13(14(2)17)16(20)19(11-10-18(3)4)12-15-8-6-5-7-9-15/h5-9,13-14H,10-12,17H2,1-4H3. The van der Waals surface area contributed by atoms with E-state index in [1.807, 2.05) is 63.2 Å². The zero-order chi connectivity index (χ0) is 15.1. The van der Waals surface area contributed by atoms with Crippen molar-refractivity contribution in [3.05, 3.63) is 35.9 Å². The Labute approximate surface area is 122 Å². The fraction of sp³-hybridized carbons (Fsp3) is 0.562. The molecule has 0 aromatic heterocycles. The molecule has 1 aromatic rings. The maximum atomic E-state index is 12.5. The van der Waals surface area contributed by atoms with E-state index in [9.17, 15) is 4.79 Å². The summed E-state index contributed by atoms with van der Waals surface area (Å²) in [5, 5.41) is 0. The number of carbonyl (C=O) groups excluding carboxylic acids is 1. The number of hydrogen-bond acceptors (Lipinski definition) is 3. The molecule has 0 aliphatic rings. The summed E-state index contributed by atoms with van der Waals surface area (Å²) in [5.41, 5.74) is 7.02. The van der Waals surface area contributed by atoms with Gasteiger partial charge in [-0.1, -0.05) is 37.3 Å². The van der Waals surface area contributed by atoms with Crippen molar-refractivity contribution in [1.82, 2.24) is 9.80 Å². The van der Waals surface area contributed by atoms with E-state index in [0.29, 0.717) is 6.54 Å². The SMILES string of the molecule is CC(N)C(C)C(=O)N(CCN(C)C)Cc1ccccc1. The zero-order valence-corrected chi connectivity index (χ0v) is 13.0. The van der Waals surface area contributed by atoms with Gasteiger partial charge < -0.3 is 15.5 Å². The number of carbonyl (C=O) groups is 1. The molecule has 0 spiro atoms. The minimum Gasteiger partial charge on any atom is -0.337 e. The monoisotopic (exact) mass is 277 g/mol. The van der Waals surface area contributed by atoms with E-state index >= 15 is 0 Å². The van der Waals surface area contributed by atoms with Gasteiger partial charge in [-0.3, -0.25) is 4.79 Å². The van der Waals surface area contributed by atoms with Gasteiger partial charge in [0, 0.05) is 25.7 Å². The highest BCUT2D eigenvalue weighted by Crippen LogP contribution is 2.11. The Hall–Kier alpha value is -1.39. The average molecular weight is 277 g/mol. The quantitative estimate of drug-likeness (QED) is 0.823. The molecule has 112 valence electrons. The van der Waals surface area contributed by atoms with Crippen LogP contribution in [0.1, 0.15) is 19.4 Å². The van der Waals surface area contributed by atoms with Crippen molar-refractivity contribution >= 4 is 5.91 Å². The molecule has 0 fully saturated rings. The van der Waals surface area contributed by atoms with Gasteiger partial charge in [0.25, 0.3) is 0 Å². The van der Waals surface area contributed by atoms with Gasteiger partial charge in [0.2, 0.25) is 5.91 Å². The predicted octanol–water partition coefficient (Wildman–Crippen LogP) is 1.56. The lowest BCUT2D eigenvalue weighted by atomic mass is 10.0. The van der Waals surface area contributed by atoms with Gasteiger partial charge in [-0.25, -0.2) is 0 Å². The lowest BCUT2D eigenvalue weighted by molar-refractivity contribution is -0.136. The number of benzene rings is 1. The van der Waals surface area contributed by atoms with E-state index in [1.165, 1.54) is 0 Å². The van der Waals surface area contributed by atoms with Crippen molar-refractivity contribution in [2.75, 3.05) is 27.2 Å². The second-order valence-electron chi connectivity index (χ2n) is 5.70. The highest BCUT2D eigenvalue weighted by Gasteiger charge is 2.23. The van der Waals surface area contributed by atoms with Crippen LogP contribution in [0.2, 0.25) is 0 Å². The van der Waals surface area contributed by atoms with Gasteiger partial charge in [-0.2, -0.15) is 0 Å². The van der Waals surface area contributed by atoms with E-state index in [1.54, 1.807) is 0 Å². The Balaban J connectivity index is 2.76. The molecule has 2 unspecified atom stereocenters. The van der Waals surface area contributed by atoms with Crippen molar-refractivity contribution in [3.8, 4) is 0 Å². The molecule has 2 N–H and O–H groups in total. The van der Waals surface area contributed by atoms with E-state index in [4.69, 9.17) is 5.73 Å². The number of hydrogen-bond donors (Lipinski definition) is 1. The van der Waals surface area contributed by atoms with Crippen molar-refractivity contribution in [2.45, 2.75) is 26.4 Å². The van der Waals surface area contributed by atoms with Crippen molar-refractivity contribution in [1.29, 1.82) is 0 Å². The van der Waals surface area contributed by atoms with Crippen LogP contribution in [0.15, 0.2) is 30.3 Å². The van der Waals surface area contributed by atoms with Gasteiger partial charge >= 0.3 is 0 Å². The summed E-state index contributed by atoms with van der Waals surface area (Å²) in [4.78, 5) is 16.5. The summed E-state index contributed by atoms with van der Waals surface area (Å²) < 4.78 is 0. The number of amides is 1. The Morgan fingerprint density at radius 2 is 1.75 bits per heavy atom. The largest absolute Gasteiger partial charge is 0.337 e. The van der Waals surface area contributed by atoms with Crippen LogP contribution in [-0.2, 0) is 11.3 Å². The zero-order valence-electron chi connectivity index (χ0n) is 13.0. The molecule has 1 amide bonds. The fourth-order valence-corrected chi connectivity index (χ4v) is 1.90. The van der Waals surface area contributed by atoms with Crippen LogP contribution < -0.4 is 5.73 Å². The molecule has 0 heterocycles. The van der Waals surface area contributed by atoms with E-state index in [-0.39, 0.29) is 17.9 Å². The first kappa shape index (κ1) is 16.7. The van der Waals surface area contributed by atoms with E-state index in [0.717, 1.165) is 18.7 Å². The molecule has 1 rings (SSSR count). The van der Waals surface area contributed by atoms with Crippen molar-refractivity contribution in [2.24, 2.45) is 11.7 Å². The summed E-state index contributed by atoms with van der Waals surface area (Å²) in [6, 6.07) is 9.96. The number of nitrogens with two attached hydrogens (primary N) is 1. The Bertz CT molecular complexity index is 403. The summed E-state index contributed by atoms with van der Waals surface area (Å²) in [6.45, 7) is 6.00. The second kappa shape index (κ2) is 8.02. The minimum absolute atomic E-state index is 0.125. The number of rotatable bonds is 7. The molecule has 0 radical (unpaired) electrons. The number of likely N-dealkylation sites (N-methyl/N-ethyl adjacent to an activating group) is 1. The Morgan fingerprint density at radius 1 is 1.15 bits per heavy atom. The van der Waals surface area contributed by atoms with Gasteiger partial charge in [-0.15, -0.1) is 0 Å². The molecular weight excluding hydrogens is 250 g/mol. The highest BCUT2D eigenvalue weighted by atomic mass is 16.2. The van der Waals surface area contributed by atoms with Crippen molar-refractivity contribution < 1.29 is 4.79 Å². The summed E-state index contributed by atoms with van der Waals surface area (Å²) in [7, 11) is 4.03. The molecule has 0 saturated heterocycles. The van der Waals surface area contributed by atoms with Crippen LogP contribution in [0.4, 0.5) is 0 Å². The predicted molar refractivity (Wildman–Crippen MR) is 83.2 cm³/mol. The van der Waals surface area contributed by atoms with Gasteiger partial charge in [0.1, 0.15) is 0 Å². The van der Waals surface area contributed by atoms with E-state index < -0.39 is 0 Å². The van der Waals surface area contributed by atoms with Crippen LogP contribution in [-0.4, -0.2) is 48.9 Å². The first-order chi connectivity index (χ1) is 9.41. The normalized spacial score (nSPS) is 14.1. The fourth-order valence-electron chi connectivity index (χ4n) is 1.90. The second-order valence-corrected chi connectivity index (χ2v) is 5.70. The molecule has 20 heavy (non-hydrogen) atoms. The van der Waals surface area contributed by atoms with Gasteiger partial charge in [0.05, 0.1) is 5.92 Å². The average Bonchev–Trinajstić information content (AvgIpc) is 2.42. The molecule has 0 aliphatic heterocycles. The Kier molecular flexibility index (Phi) is 6.68. The van der Waals surface area contributed by atoms with Crippen LogP contribution in [0.5, 0.6) is 0 Å². The smallest absolute Gasteiger partial charge is 0.227 e. The highest BCUT2D eigenvalue weighted by molar-refractivity contribution is 5.79. The minimum atomic E-state index is -0.152. The lowest BCUT2D eigenvalue weighted by Crippen LogP contribution is -2.43. The topological polar surface area (TPSA) is 49.6 Å². The third-order valence-electron chi connectivity index (χ3n) is 3.52. The number of nitrogens with zero attached hydrogens (tertiary/aromatic N) is 2. The molecular formula is C16H27N3O. The summed E-state index contributed by atoms with van der Waals surface area (Å²) >= 11 is 0. The summed E-state index contributed by atoms with van der Waals surface area (Å²) in [6.07, 6.45) is 0. The lowest BCUT2D eigenvalue weighted by Gasteiger charge is -2.28. The van der Waals surface area contributed by atoms with Gasteiger partial charge in [-0.05, 0) is 26.6 Å². The third-order valence-corrected chi connectivity index (χ3v) is 3.52. The molecule has 2 atom stereocenters. The summed E-state index contributed by atoms with van der Waals surface area (Å²) in [5.74, 6) is -0.0217. The molecule has 0 saturated carbocycles. The molecule has 0 aliphatic carbocycles. The maximum absolute atomic E-state index is 12.5. The van der Waals surface area contributed by atoms with Crippen LogP contribution >= 0.6 is 0 Å². The van der Waals surface area contributed by atoms with Crippen molar-refractivity contribution in [3.63, 3.8) is 0 Å². The molecule has 4 nitrogen and oxygen atoms in total. The third kappa shape index (κ3) is 5.31. The molecule has 0 bridgehead atoms. The van der Waals surface area contributed by atoms with Gasteiger partial charge in [0.15, 0.2) is 0 Å². The van der Waals surface area contributed by atoms with Crippen LogP contribution in [0.25, 0.3) is 0 Å².